The molecule has 0 aromatic heterocycles. The van der Waals surface area contributed by atoms with Crippen LogP contribution < -0.4 is 10.6 Å². The number of carbonyl (C=O) groups excluding carboxylic acids is 2. The number of benzene rings is 4. The largest absolute Gasteiger partial charge is 0.444 e. The summed E-state index contributed by atoms with van der Waals surface area (Å²) >= 11 is 0. The molecule has 4 aromatic carbocycles. The first-order valence-corrected chi connectivity index (χ1v) is 23.2. The van der Waals surface area contributed by atoms with Crippen LogP contribution in [0.2, 0.25) is 18.1 Å². The molecule has 4 rings (SSSR count). The van der Waals surface area contributed by atoms with Gasteiger partial charge < -0.3 is 29.6 Å². The molecule has 59 heavy (non-hydrogen) atoms. The van der Waals surface area contributed by atoms with E-state index >= 15 is 0 Å². The molecule has 0 bridgehead atoms. The van der Waals surface area contributed by atoms with Crippen molar-refractivity contribution in [3.05, 3.63) is 142 Å². The van der Waals surface area contributed by atoms with Gasteiger partial charge in [0.25, 0.3) is 0 Å². The molecule has 2 amide bonds. The van der Waals surface area contributed by atoms with Gasteiger partial charge in [0.15, 0.2) is 8.32 Å². The molecule has 0 fully saturated rings. The van der Waals surface area contributed by atoms with Gasteiger partial charge in [-0.2, -0.15) is 0 Å². The first-order chi connectivity index (χ1) is 27.4. The van der Waals surface area contributed by atoms with Crippen LogP contribution >= 0.6 is 0 Å². The van der Waals surface area contributed by atoms with Gasteiger partial charge in [-0.1, -0.05) is 93.6 Å². The van der Waals surface area contributed by atoms with Crippen LogP contribution in [0, 0.1) is 11.6 Å². The van der Waals surface area contributed by atoms with Crippen LogP contribution in [-0.4, -0.2) is 62.1 Å². The second-order valence-electron chi connectivity index (χ2n) is 18.6. The highest BCUT2D eigenvalue weighted by Crippen LogP contribution is 2.36. The average molecular weight is 833 g/mol. The standard InChI is InChI=1S/C27H40FNO3Si.C21H26FNO3/c1-26(2,3)32-25(30)29-24(19-31-33(7,8)27(4,5)6)18-22-15-21(16-23(28)17-22)14-20-12-10-9-11-13-20;1-21(2,3)26-20(25)23-19(14-24)13-17-10-16(11-18(22)12-17)9-15-7-5-4-6-8-15/h9-13,15-17,24H,14,18-19H2,1-8H3,(H,29,30);4-8,10-12,19,24H,9,13-14H2,1-3H3,(H,23,25)/t24-;19-/m00/s1. The van der Waals surface area contributed by atoms with Crippen LogP contribution in [0.25, 0.3) is 0 Å². The highest BCUT2D eigenvalue weighted by molar-refractivity contribution is 6.74. The Balaban J connectivity index is 0.000000324. The second-order valence-corrected chi connectivity index (χ2v) is 23.4. The fourth-order valence-corrected chi connectivity index (χ4v) is 6.94. The maximum Gasteiger partial charge on any atom is 0.407 e. The zero-order valence-electron chi connectivity index (χ0n) is 36.9. The van der Waals surface area contributed by atoms with Crippen molar-refractivity contribution in [1.29, 1.82) is 0 Å². The fourth-order valence-electron chi connectivity index (χ4n) is 5.89. The highest BCUT2D eigenvalue weighted by Gasteiger charge is 2.38. The maximum atomic E-state index is 14.5. The van der Waals surface area contributed by atoms with Crippen molar-refractivity contribution >= 4 is 20.5 Å². The molecule has 2 atom stereocenters. The Morgan fingerprint density at radius 2 is 0.966 bits per heavy atom. The first-order valence-electron chi connectivity index (χ1n) is 20.3. The summed E-state index contributed by atoms with van der Waals surface area (Å²) in [6, 6.07) is 28.9. The topological polar surface area (TPSA) is 106 Å². The lowest BCUT2D eigenvalue weighted by Gasteiger charge is -2.37. The number of hydrogen-bond donors (Lipinski definition) is 3. The number of ether oxygens (including phenoxy) is 2. The molecular formula is C48H66F2N2O6Si. The number of amides is 2. The van der Waals surface area contributed by atoms with Gasteiger partial charge in [-0.05, 0) is 143 Å². The summed E-state index contributed by atoms with van der Waals surface area (Å²) in [6.07, 6.45) is 0.943. The summed E-state index contributed by atoms with van der Waals surface area (Å²) in [5.74, 6) is -0.609. The number of hydrogen-bond acceptors (Lipinski definition) is 6. The SMILES string of the molecule is CC(C)(C)OC(=O)N[C@H](CO)Cc1cc(F)cc(Cc2ccccc2)c1.CC(C)(C)OC(=O)N[C@H](CO[Si](C)(C)C(C)(C)C)Cc1cc(F)cc(Cc2ccccc2)c1. The molecule has 322 valence electrons. The highest BCUT2D eigenvalue weighted by atomic mass is 28.4. The smallest absolute Gasteiger partial charge is 0.407 e. The minimum Gasteiger partial charge on any atom is -0.444 e. The molecule has 8 nitrogen and oxygen atoms in total. The van der Waals surface area contributed by atoms with E-state index in [-0.39, 0.29) is 29.3 Å². The predicted molar refractivity (Wildman–Crippen MR) is 235 cm³/mol. The number of aliphatic hydroxyl groups excluding tert-OH is 1. The quantitative estimate of drug-likeness (QED) is 0.109. The number of aliphatic hydroxyl groups is 1. The molecule has 0 heterocycles. The Bertz CT molecular complexity index is 1920. The lowest BCUT2D eigenvalue weighted by atomic mass is 9.99. The van der Waals surface area contributed by atoms with Crippen LogP contribution in [0.3, 0.4) is 0 Å². The number of halogens is 2. The second kappa shape index (κ2) is 21.6. The summed E-state index contributed by atoms with van der Waals surface area (Å²) in [4.78, 5) is 24.4. The van der Waals surface area contributed by atoms with Gasteiger partial charge >= 0.3 is 12.2 Å². The lowest BCUT2D eigenvalue weighted by molar-refractivity contribution is 0.0473. The minimum atomic E-state index is -2.02. The fraction of sp³-hybridized carbons (Fsp3) is 0.458. The van der Waals surface area contributed by atoms with Crippen LogP contribution in [0.4, 0.5) is 18.4 Å². The maximum absolute atomic E-state index is 14.5. The van der Waals surface area contributed by atoms with Crippen LogP contribution in [0.1, 0.15) is 95.7 Å². The van der Waals surface area contributed by atoms with Gasteiger partial charge in [0, 0.05) is 0 Å². The van der Waals surface area contributed by atoms with E-state index in [1.54, 1.807) is 26.8 Å². The average Bonchev–Trinajstić information content (AvgIpc) is 3.09. The first kappa shape index (κ1) is 48.8. The molecule has 0 aliphatic rings. The van der Waals surface area contributed by atoms with E-state index in [1.807, 2.05) is 93.6 Å². The summed E-state index contributed by atoms with van der Waals surface area (Å²) in [5.41, 5.74) is 4.28. The molecular weight excluding hydrogens is 767 g/mol. The van der Waals surface area contributed by atoms with Gasteiger partial charge in [0.05, 0.1) is 25.3 Å². The predicted octanol–water partition coefficient (Wildman–Crippen LogP) is 10.7. The van der Waals surface area contributed by atoms with Crippen molar-refractivity contribution in [1.82, 2.24) is 10.6 Å². The van der Waals surface area contributed by atoms with E-state index in [2.05, 4.69) is 44.5 Å². The molecule has 4 aromatic rings. The van der Waals surface area contributed by atoms with Crippen molar-refractivity contribution in [3.63, 3.8) is 0 Å². The number of rotatable bonds is 14. The molecule has 0 saturated carbocycles. The van der Waals surface area contributed by atoms with E-state index < -0.39 is 37.7 Å². The van der Waals surface area contributed by atoms with E-state index in [1.165, 1.54) is 18.2 Å². The van der Waals surface area contributed by atoms with Gasteiger partial charge in [-0.15, -0.1) is 0 Å². The Hall–Kier alpha value is -4.58. The Morgan fingerprint density at radius 1 is 0.593 bits per heavy atom. The van der Waals surface area contributed by atoms with E-state index in [4.69, 9.17) is 13.9 Å². The zero-order chi connectivity index (χ0) is 44.0. The third-order valence-electron chi connectivity index (χ3n) is 9.61. The van der Waals surface area contributed by atoms with Crippen LogP contribution in [-0.2, 0) is 39.6 Å². The van der Waals surface area contributed by atoms with Gasteiger partial charge in [-0.3, -0.25) is 0 Å². The molecule has 3 N–H and O–H groups in total. The van der Waals surface area contributed by atoms with E-state index in [0.29, 0.717) is 37.9 Å². The van der Waals surface area contributed by atoms with Crippen molar-refractivity contribution in [3.8, 4) is 0 Å². The van der Waals surface area contributed by atoms with Crippen LogP contribution in [0.15, 0.2) is 97.1 Å². The zero-order valence-corrected chi connectivity index (χ0v) is 37.9. The Labute approximate surface area is 352 Å². The number of nitrogens with one attached hydrogen (secondary N) is 2. The van der Waals surface area contributed by atoms with E-state index in [9.17, 15) is 23.5 Å². The van der Waals surface area contributed by atoms with E-state index in [0.717, 1.165) is 27.8 Å². The summed E-state index contributed by atoms with van der Waals surface area (Å²) in [6.45, 7) is 21.8. The molecule has 0 unspecified atom stereocenters. The lowest BCUT2D eigenvalue weighted by Crippen LogP contribution is -2.48. The molecule has 0 spiro atoms. The Morgan fingerprint density at radius 3 is 1.34 bits per heavy atom. The summed E-state index contributed by atoms with van der Waals surface area (Å²) in [7, 11) is -2.02. The van der Waals surface area contributed by atoms with Gasteiger partial charge in [0.2, 0.25) is 0 Å². The van der Waals surface area contributed by atoms with Crippen molar-refractivity contribution in [2.24, 2.45) is 0 Å². The van der Waals surface area contributed by atoms with Crippen molar-refractivity contribution in [2.75, 3.05) is 13.2 Å². The Kier molecular flexibility index (Phi) is 17.9. The third-order valence-corrected chi connectivity index (χ3v) is 14.1. The van der Waals surface area contributed by atoms with Gasteiger partial charge in [0.1, 0.15) is 22.8 Å². The summed E-state index contributed by atoms with van der Waals surface area (Å²) in [5, 5.41) is 15.2. The van der Waals surface area contributed by atoms with Crippen molar-refractivity contribution in [2.45, 2.75) is 129 Å². The van der Waals surface area contributed by atoms with Crippen LogP contribution in [0.5, 0.6) is 0 Å². The van der Waals surface area contributed by atoms with Gasteiger partial charge in [-0.25, -0.2) is 18.4 Å². The summed E-state index contributed by atoms with van der Waals surface area (Å²) < 4.78 is 45.5. The normalized spacial score (nSPS) is 13.1. The third kappa shape index (κ3) is 18.9. The number of alkyl carbamates (subject to hydrolysis) is 2. The molecule has 11 heteroatoms. The molecule has 0 aliphatic heterocycles. The monoisotopic (exact) mass is 832 g/mol. The number of carbonyl (C=O) groups is 2. The molecule has 0 aliphatic carbocycles. The minimum absolute atomic E-state index is 0.0468. The molecule has 0 saturated heterocycles. The molecule has 0 radical (unpaired) electrons. The van der Waals surface area contributed by atoms with Crippen molar-refractivity contribution < 1.29 is 37.4 Å².